The Morgan fingerprint density at radius 2 is 1.82 bits per heavy atom. The van der Waals surface area contributed by atoms with Gasteiger partial charge in [-0.05, 0) is 25.1 Å². The molecule has 0 saturated heterocycles. The zero-order chi connectivity index (χ0) is 15.6. The summed E-state index contributed by atoms with van der Waals surface area (Å²) in [6, 6.07) is 16.0. The second-order valence-corrected chi connectivity index (χ2v) is 4.76. The molecule has 4 heteroatoms. The summed E-state index contributed by atoms with van der Waals surface area (Å²) in [5, 5.41) is 3.40. The van der Waals surface area contributed by atoms with Crippen LogP contribution in [0.2, 0.25) is 0 Å². The topological polar surface area (TPSA) is 39.7 Å². The van der Waals surface area contributed by atoms with Crippen molar-refractivity contribution in [1.29, 1.82) is 0 Å². The summed E-state index contributed by atoms with van der Waals surface area (Å²) in [6.45, 7) is 4.47. The van der Waals surface area contributed by atoms with Crippen LogP contribution in [0.15, 0.2) is 48.5 Å². The zero-order valence-corrected chi connectivity index (χ0v) is 13.2. The molecule has 0 radical (unpaired) electrons. The Hall–Kier alpha value is -2.20. The average molecular weight is 301 g/mol. The van der Waals surface area contributed by atoms with Crippen LogP contribution in [-0.2, 0) is 11.3 Å². The molecule has 118 valence electrons. The van der Waals surface area contributed by atoms with Gasteiger partial charge < -0.3 is 19.5 Å². The van der Waals surface area contributed by atoms with Crippen LogP contribution in [0.1, 0.15) is 12.5 Å². The van der Waals surface area contributed by atoms with Gasteiger partial charge in [-0.1, -0.05) is 24.3 Å². The molecule has 0 atom stereocenters. The summed E-state index contributed by atoms with van der Waals surface area (Å²) < 4.78 is 16.3. The number of methoxy groups -OCH3 is 1. The Kier molecular flexibility index (Phi) is 6.58. The Balaban J connectivity index is 1.97. The summed E-state index contributed by atoms with van der Waals surface area (Å²) in [5.41, 5.74) is 2.14. The minimum Gasteiger partial charge on any atom is -0.494 e. The van der Waals surface area contributed by atoms with Crippen LogP contribution in [0.5, 0.6) is 11.5 Å². The van der Waals surface area contributed by atoms with E-state index in [2.05, 4.69) is 11.4 Å². The maximum atomic E-state index is 5.74. The van der Waals surface area contributed by atoms with Crippen LogP contribution in [0, 0.1) is 0 Å². The monoisotopic (exact) mass is 301 g/mol. The van der Waals surface area contributed by atoms with Crippen molar-refractivity contribution < 1.29 is 14.2 Å². The molecule has 22 heavy (non-hydrogen) atoms. The van der Waals surface area contributed by atoms with Gasteiger partial charge in [-0.2, -0.15) is 0 Å². The lowest BCUT2D eigenvalue weighted by molar-refractivity contribution is 0.146. The molecule has 0 heterocycles. The predicted molar refractivity (Wildman–Crippen MR) is 88.8 cm³/mol. The second kappa shape index (κ2) is 8.95. The lowest BCUT2D eigenvalue weighted by atomic mass is 10.2. The minimum atomic E-state index is 0.549. The number of ether oxygens (including phenoxy) is 3. The number of anilines is 1. The number of hydrogen-bond donors (Lipinski definition) is 1. The molecule has 0 bridgehead atoms. The first-order valence-corrected chi connectivity index (χ1v) is 7.50. The van der Waals surface area contributed by atoms with E-state index in [1.807, 2.05) is 49.4 Å². The van der Waals surface area contributed by atoms with Gasteiger partial charge in [-0.25, -0.2) is 0 Å². The van der Waals surface area contributed by atoms with Gasteiger partial charge in [0.15, 0.2) is 0 Å². The minimum absolute atomic E-state index is 0.549. The van der Waals surface area contributed by atoms with E-state index >= 15 is 0 Å². The normalized spacial score (nSPS) is 10.3. The van der Waals surface area contributed by atoms with E-state index in [0.29, 0.717) is 26.4 Å². The summed E-state index contributed by atoms with van der Waals surface area (Å²) in [7, 11) is 1.67. The van der Waals surface area contributed by atoms with Crippen LogP contribution in [0.25, 0.3) is 0 Å². The van der Waals surface area contributed by atoms with Crippen LogP contribution < -0.4 is 14.8 Å². The van der Waals surface area contributed by atoms with Crippen LogP contribution in [0.3, 0.4) is 0 Å². The molecular weight excluding hydrogens is 278 g/mol. The SMILES string of the molecule is CCOc1cccc(NCc2ccccc2OCCOC)c1. The molecular formula is C18H23NO3. The van der Waals surface area contributed by atoms with E-state index in [1.165, 1.54) is 0 Å². The molecule has 0 fully saturated rings. The highest BCUT2D eigenvalue weighted by molar-refractivity contribution is 5.49. The van der Waals surface area contributed by atoms with Crippen LogP contribution in [-0.4, -0.2) is 26.9 Å². The highest BCUT2D eigenvalue weighted by atomic mass is 16.5. The number of benzene rings is 2. The molecule has 1 N–H and O–H groups in total. The van der Waals surface area contributed by atoms with Gasteiger partial charge >= 0.3 is 0 Å². The van der Waals surface area contributed by atoms with Crippen molar-refractivity contribution >= 4 is 5.69 Å². The van der Waals surface area contributed by atoms with Gasteiger partial charge in [0.2, 0.25) is 0 Å². The number of hydrogen-bond acceptors (Lipinski definition) is 4. The molecule has 0 aliphatic rings. The van der Waals surface area contributed by atoms with Gasteiger partial charge in [0, 0.05) is 31.0 Å². The largest absolute Gasteiger partial charge is 0.494 e. The molecule has 0 aliphatic carbocycles. The first-order chi connectivity index (χ1) is 10.8. The molecule has 2 aromatic rings. The molecule has 2 rings (SSSR count). The average Bonchev–Trinajstić information content (AvgIpc) is 2.55. The van der Waals surface area contributed by atoms with Gasteiger partial charge in [-0.15, -0.1) is 0 Å². The maximum Gasteiger partial charge on any atom is 0.124 e. The van der Waals surface area contributed by atoms with E-state index in [1.54, 1.807) is 7.11 Å². The number of nitrogens with one attached hydrogen (secondary N) is 1. The highest BCUT2D eigenvalue weighted by Gasteiger charge is 2.03. The molecule has 0 unspecified atom stereocenters. The first kappa shape index (κ1) is 16.2. The van der Waals surface area contributed by atoms with E-state index in [4.69, 9.17) is 14.2 Å². The van der Waals surface area contributed by atoms with E-state index in [-0.39, 0.29) is 0 Å². The van der Waals surface area contributed by atoms with Crippen molar-refractivity contribution in [3.8, 4) is 11.5 Å². The molecule has 0 aliphatic heterocycles. The molecule has 0 amide bonds. The van der Waals surface area contributed by atoms with Gasteiger partial charge in [0.05, 0.1) is 13.2 Å². The third-order valence-electron chi connectivity index (χ3n) is 3.15. The summed E-state index contributed by atoms with van der Waals surface area (Å²) in [6.07, 6.45) is 0. The first-order valence-electron chi connectivity index (χ1n) is 7.50. The lowest BCUT2D eigenvalue weighted by Crippen LogP contribution is -2.07. The summed E-state index contributed by atoms with van der Waals surface area (Å²) in [5.74, 6) is 1.75. The molecule has 2 aromatic carbocycles. The highest BCUT2D eigenvalue weighted by Crippen LogP contribution is 2.21. The fourth-order valence-corrected chi connectivity index (χ4v) is 2.09. The fraction of sp³-hybridized carbons (Fsp3) is 0.333. The van der Waals surface area contributed by atoms with Crippen molar-refractivity contribution in [3.05, 3.63) is 54.1 Å². The van der Waals surface area contributed by atoms with Gasteiger partial charge in [0.1, 0.15) is 18.1 Å². The molecule has 0 spiro atoms. The Morgan fingerprint density at radius 1 is 0.955 bits per heavy atom. The standard InChI is InChI=1S/C18H23NO3/c1-3-21-17-9-6-8-16(13-17)19-14-15-7-4-5-10-18(15)22-12-11-20-2/h4-10,13,19H,3,11-12,14H2,1-2H3. The smallest absolute Gasteiger partial charge is 0.124 e. The molecule has 0 aromatic heterocycles. The zero-order valence-electron chi connectivity index (χ0n) is 13.2. The van der Waals surface area contributed by atoms with Crippen molar-refractivity contribution in [2.45, 2.75) is 13.5 Å². The molecule has 4 nitrogen and oxygen atoms in total. The second-order valence-electron chi connectivity index (χ2n) is 4.76. The third-order valence-corrected chi connectivity index (χ3v) is 3.15. The van der Waals surface area contributed by atoms with Crippen molar-refractivity contribution in [2.75, 3.05) is 32.2 Å². The maximum absolute atomic E-state index is 5.74. The van der Waals surface area contributed by atoms with Crippen molar-refractivity contribution in [1.82, 2.24) is 0 Å². The molecule has 0 saturated carbocycles. The number of rotatable bonds is 9. The third kappa shape index (κ3) is 4.97. The summed E-state index contributed by atoms with van der Waals surface area (Å²) >= 11 is 0. The van der Waals surface area contributed by atoms with Crippen LogP contribution in [0.4, 0.5) is 5.69 Å². The Morgan fingerprint density at radius 3 is 2.64 bits per heavy atom. The Labute approximate surface area is 132 Å². The summed E-state index contributed by atoms with van der Waals surface area (Å²) in [4.78, 5) is 0. The van der Waals surface area contributed by atoms with E-state index < -0.39 is 0 Å². The van der Waals surface area contributed by atoms with E-state index in [9.17, 15) is 0 Å². The number of para-hydroxylation sites is 1. The quantitative estimate of drug-likeness (QED) is 0.717. The van der Waals surface area contributed by atoms with Gasteiger partial charge in [-0.3, -0.25) is 0 Å². The predicted octanol–water partition coefficient (Wildman–Crippen LogP) is 3.72. The van der Waals surface area contributed by atoms with Crippen molar-refractivity contribution in [2.24, 2.45) is 0 Å². The van der Waals surface area contributed by atoms with E-state index in [0.717, 1.165) is 22.7 Å². The lowest BCUT2D eigenvalue weighted by Gasteiger charge is -2.13. The Bertz CT molecular complexity index is 572. The van der Waals surface area contributed by atoms with Crippen molar-refractivity contribution in [3.63, 3.8) is 0 Å². The van der Waals surface area contributed by atoms with Crippen LogP contribution >= 0.6 is 0 Å². The van der Waals surface area contributed by atoms with Gasteiger partial charge in [0.25, 0.3) is 0 Å². The fourth-order valence-electron chi connectivity index (χ4n) is 2.09.